The van der Waals surface area contributed by atoms with Gasteiger partial charge >= 0.3 is 0 Å². The highest BCUT2D eigenvalue weighted by Gasteiger charge is 2.25. The second-order valence-electron chi connectivity index (χ2n) is 9.39. The number of hydrogen-bond acceptors (Lipinski definition) is 4. The highest BCUT2D eigenvalue weighted by Crippen LogP contribution is 2.37. The molecular formula is C24H32ClN5O2. The predicted molar refractivity (Wildman–Crippen MR) is 128 cm³/mol. The van der Waals surface area contributed by atoms with Crippen LogP contribution in [-0.4, -0.2) is 32.6 Å². The van der Waals surface area contributed by atoms with Gasteiger partial charge in [-0.1, -0.05) is 25.4 Å². The maximum absolute atomic E-state index is 12.9. The zero-order valence-corrected chi connectivity index (χ0v) is 20.2. The van der Waals surface area contributed by atoms with Crippen LogP contribution in [0.2, 0.25) is 5.02 Å². The molecule has 1 aliphatic carbocycles. The molecule has 1 N–H and O–H groups in total. The molecule has 0 saturated heterocycles. The lowest BCUT2D eigenvalue weighted by atomic mass is 9.80. The standard InChI is InChI=1S/C24H32ClN5O2/c1-14(2)16-6-8-18(9-7-16)30-12-17-10-21(22(32-5)11-20(17)27-30)26-24(31)23-19(25)13-29(28-23)15(3)4/h10-16,18H,6-9H2,1-5H3,(H,26,31)/t16-,18-. The summed E-state index contributed by atoms with van der Waals surface area (Å²) < 4.78 is 9.30. The van der Waals surface area contributed by atoms with Gasteiger partial charge in [0.15, 0.2) is 5.69 Å². The molecule has 3 aromatic rings. The molecule has 0 radical (unpaired) electrons. The van der Waals surface area contributed by atoms with Crippen molar-refractivity contribution in [1.29, 1.82) is 0 Å². The first-order valence-corrected chi connectivity index (χ1v) is 11.8. The number of benzene rings is 1. The molecule has 1 aromatic carbocycles. The number of nitrogens with one attached hydrogen (secondary N) is 1. The van der Waals surface area contributed by atoms with Crippen molar-refractivity contribution in [2.45, 2.75) is 65.5 Å². The van der Waals surface area contributed by atoms with Crippen molar-refractivity contribution in [2.75, 3.05) is 12.4 Å². The number of carbonyl (C=O) groups is 1. The van der Waals surface area contributed by atoms with Crippen LogP contribution in [0.1, 0.15) is 76.0 Å². The molecule has 0 spiro atoms. The van der Waals surface area contributed by atoms with E-state index in [-0.39, 0.29) is 17.6 Å². The topological polar surface area (TPSA) is 74.0 Å². The number of amides is 1. The molecule has 4 rings (SSSR count). The zero-order chi connectivity index (χ0) is 23.0. The largest absolute Gasteiger partial charge is 0.494 e. The number of carbonyl (C=O) groups excluding carboxylic acids is 1. The van der Waals surface area contributed by atoms with Gasteiger partial charge in [-0.2, -0.15) is 10.2 Å². The quantitative estimate of drug-likeness (QED) is 0.484. The van der Waals surface area contributed by atoms with E-state index in [0.717, 1.165) is 35.6 Å². The van der Waals surface area contributed by atoms with Crippen LogP contribution < -0.4 is 10.1 Å². The fourth-order valence-corrected chi connectivity index (χ4v) is 4.75. The van der Waals surface area contributed by atoms with Gasteiger partial charge in [0.1, 0.15) is 5.75 Å². The normalized spacial score (nSPS) is 19.1. The van der Waals surface area contributed by atoms with Gasteiger partial charge in [0.25, 0.3) is 5.91 Å². The Balaban J connectivity index is 1.57. The minimum atomic E-state index is -0.369. The highest BCUT2D eigenvalue weighted by atomic mass is 35.5. The van der Waals surface area contributed by atoms with Crippen LogP contribution in [-0.2, 0) is 0 Å². The van der Waals surface area contributed by atoms with E-state index in [1.54, 1.807) is 18.0 Å². The molecule has 1 fully saturated rings. The first kappa shape index (κ1) is 22.6. The first-order chi connectivity index (χ1) is 15.3. The predicted octanol–water partition coefficient (Wildman–Crippen LogP) is 6.12. The fourth-order valence-electron chi connectivity index (χ4n) is 4.53. The number of rotatable bonds is 6. The smallest absolute Gasteiger partial charge is 0.277 e. The van der Waals surface area contributed by atoms with Crippen LogP contribution in [0.15, 0.2) is 24.5 Å². The van der Waals surface area contributed by atoms with Crippen molar-refractivity contribution in [3.8, 4) is 5.75 Å². The molecule has 1 amide bonds. The van der Waals surface area contributed by atoms with E-state index in [9.17, 15) is 4.79 Å². The van der Waals surface area contributed by atoms with Gasteiger partial charge < -0.3 is 10.1 Å². The lowest BCUT2D eigenvalue weighted by molar-refractivity contribution is 0.102. The molecule has 0 aliphatic heterocycles. The third kappa shape index (κ3) is 4.49. The molecule has 0 unspecified atom stereocenters. The Kier molecular flexibility index (Phi) is 6.47. The van der Waals surface area contributed by atoms with Gasteiger partial charge in [-0.25, -0.2) is 0 Å². The van der Waals surface area contributed by atoms with E-state index in [2.05, 4.69) is 35.1 Å². The van der Waals surface area contributed by atoms with Gasteiger partial charge in [0, 0.05) is 29.9 Å². The number of methoxy groups -OCH3 is 1. The molecular weight excluding hydrogens is 426 g/mol. The first-order valence-electron chi connectivity index (χ1n) is 11.4. The van der Waals surface area contributed by atoms with E-state index in [1.807, 2.05) is 26.0 Å². The van der Waals surface area contributed by atoms with Gasteiger partial charge in [-0.3, -0.25) is 14.2 Å². The van der Waals surface area contributed by atoms with E-state index in [0.29, 0.717) is 22.5 Å². The molecule has 1 aliphatic rings. The molecule has 172 valence electrons. The number of aromatic nitrogens is 4. The Morgan fingerprint density at radius 1 is 1.12 bits per heavy atom. The third-order valence-corrected chi connectivity index (χ3v) is 6.86. The van der Waals surface area contributed by atoms with Crippen molar-refractivity contribution < 1.29 is 9.53 Å². The van der Waals surface area contributed by atoms with Gasteiger partial charge in [0.05, 0.1) is 29.4 Å². The monoisotopic (exact) mass is 457 g/mol. The minimum Gasteiger partial charge on any atom is -0.494 e. The lowest BCUT2D eigenvalue weighted by Gasteiger charge is -2.30. The minimum absolute atomic E-state index is 0.112. The molecule has 8 heteroatoms. The maximum atomic E-state index is 12.9. The average Bonchev–Trinajstić information content (AvgIpc) is 3.36. The summed E-state index contributed by atoms with van der Waals surface area (Å²) in [6.07, 6.45) is 8.52. The Labute approximate surface area is 194 Å². The molecule has 1 saturated carbocycles. The highest BCUT2D eigenvalue weighted by molar-refractivity contribution is 6.34. The number of anilines is 1. The van der Waals surface area contributed by atoms with Crippen LogP contribution in [0.25, 0.3) is 10.9 Å². The Morgan fingerprint density at radius 2 is 1.84 bits per heavy atom. The van der Waals surface area contributed by atoms with Crippen LogP contribution in [0.4, 0.5) is 5.69 Å². The summed E-state index contributed by atoms with van der Waals surface area (Å²) in [5.74, 6) is 1.73. The van der Waals surface area contributed by atoms with Crippen molar-refractivity contribution in [2.24, 2.45) is 11.8 Å². The van der Waals surface area contributed by atoms with Gasteiger partial charge in [-0.15, -0.1) is 0 Å². The van der Waals surface area contributed by atoms with Crippen molar-refractivity contribution >= 4 is 34.1 Å². The average molecular weight is 458 g/mol. The van der Waals surface area contributed by atoms with Crippen LogP contribution in [0.3, 0.4) is 0 Å². The van der Waals surface area contributed by atoms with Crippen LogP contribution >= 0.6 is 11.6 Å². The third-order valence-electron chi connectivity index (χ3n) is 6.58. The number of ether oxygens (including phenoxy) is 1. The van der Waals surface area contributed by atoms with Gasteiger partial charge in [-0.05, 0) is 57.4 Å². The van der Waals surface area contributed by atoms with E-state index >= 15 is 0 Å². The fraction of sp³-hybridized carbons (Fsp3) is 0.542. The SMILES string of the molecule is COc1cc2nn([C@H]3CC[C@H](C(C)C)CC3)cc2cc1NC(=O)c1nn(C(C)C)cc1Cl. The summed E-state index contributed by atoms with van der Waals surface area (Å²) in [6, 6.07) is 4.31. The molecule has 0 atom stereocenters. The van der Waals surface area contributed by atoms with E-state index in [4.69, 9.17) is 21.4 Å². The molecule has 32 heavy (non-hydrogen) atoms. The summed E-state index contributed by atoms with van der Waals surface area (Å²) in [7, 11) is 1.58. The Morgan fingerprint density at radius 3 is 2.44 bits per heavy atom. The summed E-state index contributed by atoms with van der Waals surface area (Å²) in [6.45, 7) is 8.59. The Bertz CT molecular complexity index is 1110. The molecule has 7 nitrogen and oxygen atoms in total. The number of nitrogens with zero attached hydrogens (tertiary/aromatic N) is 4. The zero-order valence-electron chi connectivity index (χ0n) is 19.4. The molecule has 0 bridgehead atoms. The summed E-state index contributed by atoms with van der Waals surface area (Å²) >= 11 is 6.25. The summed E-state index contributed by atoms with van der Waals surface area (Å²) in [4.78, 5) is 12.9. The van der Waals surface area contributed by atoms with Crippen LogP contribution in [0, 0.1) is 11.8 Å². The van der Waals surface area contributed by atoms with E-state index < -0.39 is 0 Å². The Hall–Kier alpha value is -2.54. The molecule has 2 aromatic heterocycles. The van der Waals surface area contributed by atoms with Gasteiger partial charge in [0.2, 0.25) is 0 Å². The van der Waals surface area contributed by atoms with Crippen molar-refractivity contribution in [1.82, 2.24) is 19.6 Å². The second-order valence-corrected chi connectivity index (χ2v) is 9.79. The number of fused-ring (bicyclic) bond motifs is 1. The van der Waals surface area contributed by atoms with Crippen molar-refractivity contribution in [3.63, 3.8) is 0 Å². The van der Waals surface area contributed by atoms with Crippen LogP contribution in [0.5, 0.6) is 5.75 Å². The number of hydrogen-bond donors (Lipinski definition) is 1. The molecule has 2 heterocycles. The summed E-state index contributed by atoms with van der Waals surface area (Å²) in [5, 5.41) is 13.3. The lowest BCUT2D eigenvalue weighted by Crippen LogP contribution is -2.21. The van der Waals surface area contributed by atoms with Crippen molar-refractivity contribution in [3.05, 3.63) is 35.2 Å². The maximum Gasteiger partial charge on any atom is 0.277 e. The second kappa shape index (κ2) is 9.14. The number of halogens is 1. The summed E-state index contributed by atoms with van der Waals surface area (Å²) in [5.41, 5.74) is 1.62. The van der Waals surface area contributed by atoms with E-state index in [1.165, 1.54) is 12.8 Å².